The summed E-state index contributed by atoms with van der Waals surface area (Å²) in [6.45, 7) is 1.62. The molecule has 35 heavy (non-hydrogen) atoms. The molecule has 1 aliphatic heterocycles. The summed E-state index contributed by atoms with van der Waals surface area (Å²) < 4.78 is 37.9. The number of sulfonamides is 1. The highest BCUT2D eigenvalue weighted by Gasteiger charge is 2.51. The number of carbonyl (C=O) groups is 1. The molecule has 0 radical (unpaired) electrons. The molecule has 2 aromatic carbocycles. The Kier molecular flexibility index (Phi) is 5.96. The molecule has 5 rings (SSSR count). The van der Waals surface area contributed by atoms with E-state index in [1.165, 1.54) is 19.1 Å². The highest BCUT2D eigenvalue weighted by molar-refractivity contribution is 7.89. The molecule has 0 bridgehead atoms. The van der Waals surface area contributed by atoms with Crippen LogP contribution in [0.15, 0.2) is 65.6 Å². The molecule has 1 saturated carbocycles. The molecule has 2 heterocycles. The third-order valence-corrected chi connectivity index (χ3v) is 7.57. The third-order valence-electron chi connectivity index (χ3n) is 6.13. The minimum Gasteiger partial charge on any atom is -0.454 e. The molecule has 182 valence electrons. The summed E-state index contributed by atoms with van der Waals surface area (Å²) in [7, 11) is -3.72. The summed E-state index contributed by atoms with van der Waals surface area (Å²) in [6.07, 6.45) is 0.681. The second kappa shape index (κ2) is 8.95. The maximum absolute atomic E-state index is 13.2. The third kappa shape index (κ3) is 4.72. The lowest BCUT2D eigenvalue weighted by Crippen LogP contribution is -2.30. The molecule has 1 aliphatic carbocycles. The number of amides is 1. The quantitative estimate of drug-likeness (QED) is 0.439. The number of carbonyl (C=O) groups excluding carboxylic acids is 1. The molecule has 0 saturated heterocycles. The zero-order valence-corrected chi connectivity index (χ0v) is 19.8. The van der Waals surface area contributed by atoms with Crippen LogP contribution in [0.4, 0.5) is 5.82 Å². The summed E-state index contributed by atoms with van der Waals surface area (Å²) in [5.74, 6) is 1.60. The lowest BCUT2D eigenvalue weighted by Gasteiger charge is -2.16. The normalized spacial score (nSPS) is 16.5. The van der Waals surface area contributed by atoms with E-state index in [2.05, 4.69) is 15.0 Å². The molecule has 1 atom stereocenters. The van der Waals surface area contributed by atoms with Crippen molar-refractivity contribution in [1.29, 1.82) is 0 Å². The van der Waals surface area contributed by atoms with Gasteiger partial charge in [-0.25, -0.2) is 18.1 Å². The van der Waals surface area contributed by atoms with Gasteiger partial charge in [-0.3, -0.25) is 4.79 Å². The van der Waals surface area contributed by atoms with E-state index in [4.69, 9.17) is 9.47 Å². The number of hydrogen-bond donors (Lipinski definition) is 3. The number of benzene rings is 2. The monoisotopic (exact) mass is 495 g/mol. The zero-order valence-electron chi connectivity index (χ0n) is 19.0. The van der Waals surface area contributed by atoms with Crippen molar-refractivity contribution in [3.05, 3.63) is 66.2 Å². The molecule has 10 heteroatoms. The number of aromatic nitrogens is 1. The number of ether oxygens (including phenoxy) is 2. The van der Waals surface area contributed by atoms with Gasteiger partial charge in [0, 0.05) is 12.1 Å². The van der Waals surface area contributed by atoms with Crippen LogP contribution in [0.1, 0.15) is 25.3 Å². The van der Waals surface area contributed by atoms with Crippen molar-refractivity contribution < 1.29 is 27.8 Å². The van der Waals surface area contributed by atoms with Crippen molar-refractivity contribution in [2.45, 2.75) is 36.2 Å². The first-order valence-electron chi connectivity index (χ1n) is 11.2. The zero-order chi connectivity index (χ0) is 24.6. The standard InChI is InChI=1S/C25H25N3O6S/c1-16(29)14-26-35(31,32)19-8-5-17(6-9-19)20-3-2-4-23(27-20)28-24(30)25(11-12-25)18-7-10-21-22(13-18)34-15-33-21/h2-10,13,16,26,29H,11-12,14-15H2,1H3,(H,27,28,30)/t16-/m1/s1. The molecule has 0 spiro atoms. The fourth-order valence-corrected chi connectivity index (χ4v) is 5.11. The van der Waals surface area contributed by atoms with Crippen LogP contribution in [0.5, 0.6) is 11.5 Å². The van der Waals surface area contributed by atoms with Crippen molar-refractivity contribution in [2.24, 2.45) is 0 Å². The van der Waals surface area contributed by atoms with Gasteiger partial charge in [0.1, 0.15) is 5.82 Å². The van der Waals surface area contributed by atoms with Gasteiger partial charge in [-0.15, -0.1) is 0 Å². The topological polar surface area (TPSA) is 127 Å². The number of anilines is 1. The first kappa shape index (κ1) is 23.3. The highest BCUT2D eigenvalue weighted by atomic mass is 32.2. The smallest absolute Gasteiger partial charge is 0.240 e. The number of aliphatic hydroxyl groups is 1. The second-order valence-electron chi connectivity index (χ2n) is 8.74. The van der Waals surface area contributed by atoms with Crippen molar-refractivity contribution >= 4 is 21.7 Å². The van der Waals surface area contributed by atoms with Gasteiger partial charge < -0.3 is 19.9 Å². The van der Waals surface area contributed by atoms with E-state index in [1.54, 1.807) is 30.3 Å². The summed E-state index contributed by atoms with van der Waals surface area (Å²) in [5, 5.41) is 12.3. The Morgan fingerprint density at radius 1 is 1.09 bits per heavy atom. The summed E-state index contributed by atoms with van der Waals surface area (Å²) in [5.41, 5.74) is 1.56. The van der Waals surface area contributed by atoms with Gasteiger partial charge in [-0.2, -0.15) is 0 Å². The molecule has 1 amide bonds. The number of pyridine rings is 1. The lowest BCUT2D eigenvalue weighted by atomic mass is 9.94. The lowest BCUT2D eigenvalue weighted by molar-refractivity contribution is -0.118. The average Bonchev–Trinajstić information content (AvgIpc) is 3.54. The Morgan fingerprint density at radius 3 is 2.54 bits per heavy atom. The predicted octanol–water partition coefficient (Wildman–Crippen LogP) is 2.81. The van der Waals surface area contributed by atoms with Crippen LogP contribution in [-0.2, 0) is 20.2 Å². The SMILES string of the molecule is C[C@@H](O)CNS(=O)(=O)c1ccc(-c2cccc(NC(=O)C3(c4ccc5c(c4)OCO5)CC3)n2)cc1. The average molecular weight is 496 g/mol. The van der Waals surface area contributed by atoms with Gasteiger partial charge in [-0.05, 0) is 61.7 Å². The summed E-state index contributed by atoms with van der Waals surface area (Å²) in [4.78, 5) is 17.8. The van der Waals surface area contributed by atoms with Crippen LogP contribution >= 0.6 is 0 Å². The molecule has 0 unspecified atom stereocenters. The largest absolute Gasteiger partial charge is 0.454 e. The van der Waals surface area contributed by atoms with Crippen LogP contribution in [0.2, 0.25) is 0 Å². The van der Waals surface area contributed by atoms with Crippen LogP contribution in [0, 0.1) is 0 Å². The van der Waals surface area contributed by atoms with E-state index >= 15 is 0 Å². The first-order valence-corrected chi connectivity index (χ1v) is 12.7. The van der Waals surface area contributed by atoms with Crippen molar-refractivity contribution in [3.8, 4) is 22.8 Å². The van der Waals surface area contributed by atoms with E-state index in [9.17, 15) is 18.3 Å². The minimum absolute atomic E-state index is 0.0683. The van der Waals surface area contributed by atoms with Crippen molar-refractivity contribution in [1.82, 2.24) is 9.71 Å². The Bertz CT molecular complexity index is 1370. The molecule has 3 N–H and O–H groups in total. The number of nitrogens with one attached hydrogen (secondary N) is 2. The number of rotatable bonds is 8. The number of fused-ring (bicyclic) bond motifs is 1. The molecule has 3 aromatic rings. The van der Waals surface area contributed by atoms with E-state index in [-0.39, 0.29) is 24.1 Å². The fourth-order valence-electron chi connectivity index (χ4n) is 3.99. The van der Waals surface area contributed by atoms with Crippen LogP contribution < -0.4 is 19.5 Å². The Morgan fingerprint density at radius 2 is 1.83 bits per heavy atom. The minimum atomic E-state index is -3.72. The van der Waals surface area contributed by atoms with Crippen LogP contribution in [0.25, 0.3) is 11.3 Å². The van der Waals surface area contributed by atoms with Gasteiger partial charge in [-0.1, -0.05) is 24.3 Å². The second-order valence-corrected chi connectivity index (χ2v) is 10.5. The number of nitrogens with zero attached hydrogens (tertiary/aromatic N) is 1. The Labute approximate surface area is 203 Å². The van der Waals surface area contributed by atoms with E-state index in [0.717, 1.165) is 18.4 Å². The maximum atomic E-state index is 13.2. The molecule has 9 nitrogen and oxygen atoms in total. The summed E-state index contributed by atoms with van der Waals surface area (Å²) >= 11 is 0. The van der Waals surface area contributed by atoms with E-state index in [1.807, 2.05) is 18.2 Å². The summed E-state index contributed by atoms with van der Waals surface area (Å²) in [6, 6.07) is 17.1. The van der Waals surface area contributed by atoms with Gasteiger partial charge in [0.2, 0.25) is 22.7 Å². The molecule has 2 aliphatic rings. The van der Waals surface area contributed by atoms with Crippen molar-refractivity contribution in [3.63, 3.8) is 0 Å². The first-order chi connectivity index (χ1) is 16.8. The van der Waals surface area contributed by atoms with E-state index in [0.29, 0.717) is 28.6 Å². The number of aliphatic hydroxyl groups excluding tert-OH is 1. The van der Waals surface area contributed by atoms with Gasteiger partial charge >= 0.3 is 0 Å². The van der Waals surface area contributed by atoms with Crippen LogP contribution in [0.3, 0.4) is 0 Å². The molecular weight excluding hydrogens is 470 g/mol. The molecular formula is C25H25N3O6S. The Hall–Kier alpha value is -3.47. The predicted molar refractivity (Wildman–Crippen MR) is 129 cm³/mol. The van der Waals surface area contributed by atoms with Gasteiger partial charge in [0.15, 0.2) is 11.5 Å². The fraction of sp³-hybridized carbons (Fsp3) is 0.280. The molecule has 1 fully saturated rings. The Balaban J connectivity index is 1.31. The van der Waals surface area contributed by atoms with E-state index < -0.39 is 21.5 Å². The van der Waals surface area contributed by atoms with Gasteiger partial charge in [0.05, 0.1) is 22.1 Å². The van der Waals surface area contributed by atoms with Gasteiger partial charge in [0.25, 0.3) is 0 Å². The molecule has 1 aromatic heterocycles. The highest BCUT2D eigenvalue weighted by Crippen LogP contribution is 2.51. The number of hydrogen-bond acceptors (Lipinski definition) is 7. The van der Waals surface area contributed by atoms with Crippen LogP contribution in [-0.4, -0.2) is 43.9 Å². The maximum Gasteiger partial charge on any atom is 0.240 e. The van der Waals surface area contributed by atoms with Crippen molar-refractivity contribution in [2.75, 3.05) is 18.7 Å².